The van der Waals surface area contributed by atoms with Crippen molar-refractivity contribution in [3.05, 3.63) is 83.8 Å². The lowest BCUT2D eigenvalue weighted by molar-refractivity contribution is 0.0602. The number of para-hydroxylation sites is 1. The van der Waals surface area contributed by atoms with Gasteiger partial charge in [0.05, 0.1) is 19.9 Å². The van der Waals surface area contributed by atoms with Crippen LogP contribution in [-0.4, -0.2) is 36.4 Å². The molecule has 0 saturated heterocycles. The number of aliphatic hydroxyl groups excluding tert-OH is 1. The van der Waals surface area contributed by atoms with Crippen LogP contribution in [0.4, 0.5) is 0 Å². The molecular weight excluding hydrogens is 378 g/mol. The Balaban J connectivity index is 1.61. The van der Waals surface area contributed by atoms with Crippen LogP contribution in [0.25, 0.3) is 0 Å². The minimum atomic E-state index is -0.639. The van der Waals surface area contributed by atoms with E-state index < -0.39 is 6.10 Å². The molecule has 160 valence electrons. The van der Waals surface area contributed by atoms with Gasteiger partial charge in [-0.05, 0) is 41.8 Å². The average molecular weight is 410 g/mol. The molecule has 0 aliphatic heterocycles. The molecule has 5 nitrogen and oxygen atoms in total. The molecule has 0 radical (unpaired) electrons. The van der Waals surface area contributed by atoms with Crippen molar-refractivity contribution in [1.29, 1.82) is 0 Å². The third-order valence-corrected chi connectivity index (χ3v) is 5.00. The molecule has 0 spiro atoms. The van der Waals surface area contributed by atoms with Gasteiger partial charge in [-0.1, -0.05) is 44.2 Å². The Morgan fingerprint density at radius 2 is 1.73 bits per heavy atom. The van der Waals surface area contributed by atoms with Crippen LogP contribution in [0.15, 0.2) is 71.3 Å². The van der Waals surface area contributed by atoms with Crippen molar-refractivity contribution in [1.82, 2.24) is 4.90 Å². The van der Waals surface area contributed by atoms with E-state index in [0.29, 0.717) is 25.6 Å². The second-order valence-electron chi connectivity index (χ2n) is 7.75. The molecule has 0 saturated carbocycles. The number of furan rings is 1. The van der Waals surface area contributed by atoms with E-state index in [1.54, 1.807) is 13.4 Å². The molecule has 0 amide bonds. The van der Waals surface area contributed by atoms with Gasteiger partial charge in [-0.25, -0.2) is 0 Å². The maximum Gasteiger partial charge on any atom is 0.123 e. The Hall–Kier alpha value is -2.76. The standard InChI is InChI=1S/C25H31NO4/c1-19(2)20-10-12-23(13-11-20)30-18-22(27)16-26(17-24-8-6-14-29-24)15-21-7-4-5-9-25(21)28-3/h4-14,19,22,27H,15-18H2,1-3H3. The molecule has 1 aromatic heterocycles. The molecule has 3 rings (SSSR count). The summed E-state index contributed by atoms with van der Waals surface area (Å²) >= 11 is 0. The molecule has 1 unspecified atom stereocenters. The third kappa shape index (κ3) is 6.37. The topological polar surface area (TPSA) is 55.1 Å². The Labute approximate surface area is 178 Å². The fourth-order valence-corrected chi connectivity index (χ4v) is 3.37. The Morgan fingerprint density at radius 1 is 0.967 bits per heavy atom. The predicted molar refractivity (Wildman–Crippen MR) is 118 cm³/mol. The average Bonchev–Trinajstić information content (AvgIpc) is 3.26. The van der Waals surface area contributed by atoms with Crippen molar-refractivity contribution in [2.75, 3.05) is 20.3 Å². The summed E-state index contributed by atoms with van der Waals surface area (Å²) in [7, 11) is 1.67. The largest absolute Gasteiger partial charge is 0.496 e. The summed E-state index contributed by atoms with van der Waals surface area (Å²) in [6.07, 6.45) is 1.02. The molecule has 5 heteroatoms. The van der Waals surface area contributed by atoms with Gasteiger partial charge in [0.25, 0.3) is 0 Å². The third-order valence-electron chi connectivity index (χ3n) is 5.00. The number of benzene rings is 2. The van der Waals surface area contributed by atoms with E-state index in [0.717, 1.165) is 22.8 Å². The molecule has 1 atom stereocenters. The summed E-state index contributed by atoms with van der Waals surface area (Å²) in [6, 6.07) is 19.8. The minimum Gasteiger partial charge on any atom is -0.496 e. The Morgan fingerprint density at radius 3 is 2.40 bits per heavy atom. The van der Waals surface area contributed by atoms with Crippen molar-refractivity contribution < 1.29 is 19.0 Å². The zero-order chi connectivity index (χ0) is 21.3. The van der Waals surface area contributed by atoms with Crippen LogP contribution in [0.5, 0.6) is 11.5 Å². The first-order chi connectivity index (χ1) is 14.5. The van der Waals surface area contributed by atoms with Crippen LogP contribution in [0.3, 0.4) is 0 Å². The first kappa shape index (κ1) is 21.9. The van der Waals surface area contributed by atoms with E-state index in [2.05, 4.69) is 30.9 Å². The van der Waals surface area contributed by atoms with Crippen LogP contribution in [0.2, 0.25) is 0 Å². The van der Waals surface area contributed by atoms with Crippen LogP contribution in [-0.2, 0) is 13.1 Å². The quantitative estimate of drug-likeness (QED) is 0.490. The number of methoxy groups -OCH3 is 1. The van der Waals surface area contributed by atoms with Crippen LogP contribution < -0.4 is 9.47 Å². The molecule has 1 heterocycles. The second kappa shape index (κ2) is 10.9. The summed E-state index contributed by atoms with van der Waals surface area (Å²) in [5.74, 6) is 2.93. The maximum absolute atomic E-state index is 10.6. The Bertz CT molecular complexity index is 874. The number of ether oxygens (including phenoxy) is 2. The van der Waals surface area contributed by atoms with Gasteiger partial charge >= 0.3 is 0 Å². The van der Waals surface area contributed by atoms with Crippen molar-refractivity contribution >= 4 is 0 Å². The first-order valence-corrected chi connectivity index (χ1v) is 10.3. The lowest BCUT2D eigenvalue weighted by Crippen LogP contribution is -2.35. The monoisotopic (exact) mass is 409 g/mol. The normalized spacial score (nSPS) is 12.3. The highest BCUT2D eigenvalue weighted by Gasteiger charge is 2.16. The molecular formula is C25H31NO4. The number of nitrogens with zero attached hydrogens (tertiary/aromatic N) is 1. The van der Waals surface area contributed by atoms with Gasteiger partial charge in [-0.2, -0.15) is 0 Å². The number of hydrogen-bond donors (Lipinski definition) is 1. The first-order valence-electron chi connectivity index (χ1n) is 10.3. The van der Waals surface area contributed by atoms with Gasteiger partial charge < -0.3 is 19.0 Å². The molecule has 1 N–H and O–H groups in total. The van der Waals surface area contributed by atoms with Gasteiger partial charge in [0.1, 0.15) is 30.0 Å². The highest BCUT2D eigenvalue weighted by atomic mass is 16.5. The summed E-state index contributed by atoms with van der Waals surface area (Å²) in [5, 5.41) is 10.6. The van der Waals surface area contributed by atoms with E-state index in [4.69, 9.17) is 13.9 Å². The summed E-state index contributed by atoms with van der Waals surface area (Å²) in [6.45, 7) is 6.21. The van der Waals surface area contributed by atoms with E-state index in [1.165, 1.54) is 5.56 Å². The highest BCUT2D eigenvalue weighted by Crippen LogP contribution is 2.21. The van der Waals surface area contributed by atoms with Crippen molar-refractivity contribution in [2.45, 2.75) is 39.0 Å². The molecule has 3 aromatic rings. The van der Waals surface area contributed by atoms with Gasteiger partial charge in [-0.3, -0.25) is 4.90 Å². The van der Waals surface area contributed by atoms with Crippen LogP contribution >= 0.6 is 0 Å². The van der Waals surface area contributed by atoms with Gasteiger partial charge in [-0.15, -0.1) is 0 Å². The molecule has 30 heavy (non-hydrogen) atoms. The van der Waals surface area contributed by atoms with Crippen molar-refractivity contribution in [2.24, 2.45) is 0 Å². The zero-order valence-corrected chi connectivity index (χ0v) is 18.0. The number of aliphatic hydroxyl groups is 1. The number of hydrogen-bond acceptors (Lipinski definition) is 5. The lowest BCUT2D eigenvalue weighted by atomic mass is 10.0. The van der Waals surface area contributed by atoms with Gasteiger partial charge in [0.2, 0.25) is 0 Å². The molecule has 0 bridgehead atoms. The summed E-state index contributed by atoms with van der Waals surface area (Å²) in [5.41, 5.74) is 2.33. The van der Waals surface area contributed by atoms with Crippen molar-refractivity contribution in [3.8, 4) is 11.5 Å². The highest BCUT2D eigenvalue weighted by molar-refractivity contribution is 5.33. The zero-order valence-electron chi connectivity index (χ0n) is 18.0. The summed E-state index contributed by atoms with van der Waals surface area (Å²) in [4.78, 5) is 2.13. The van der Waals surface area contributed by atoms with Gasteiger partial charge in [0, 0.05) is 18.7 Å². The fraction of sp³-hybridized carbons (Fsp3) is 0.360. The minimum absolute atomic E-state index is 0.224. The van der Waals surface area contributed by atoms with E-state index in [9.17, 15) is 5.11 Å². The maximum atomic E-state index is 10.6. The second-order valence-corrected chi connectivity index (χ2v) is 7.75. The van der Waals surface area contributed by atoms with Crippen molar-refractivity contribution in [3.63, 3.8) is 0 Å². The smallest absolute Gasteiger partial charge is 0.123 e. The van der Waals surface area contributed by atoms with E-state index in [1.807, 2.05) is 48.5 Å². The summed E-state index contributed by atoms with van der Waals surface area (Å²) < 4.78 is 16.8. The van der Waals surface area contributed by atoms with Crippen LogP contribution in [0, 0.1) is 0 Å². The SMILES string of the molecule is COc1ccccc1CN(Cc1ccco1)CC(O)COc1ccc(C(C)C)cc1. The van der Waals surface area contributed by atoms with E-state index in [-0.39, 0.29) is 6.61 Å². The van der Waals surface area contributed by atoms with E-state index >= 15 is 0 Å². The van der Waals surface area contributed by atoms with Gasteiger partial charge in [0.15, 0.2) is 0 Å². The van der Waals surface area contributed by atoms with Crippen LogP contribution in [0.1, 0.15) is 36.7 Å². The molecule has 0 aliphatic rings. The predicted octanol–water partition coefficient (Wildman–Crippen LogP) is 4.85. The molecule has 0 aliphatic carbocycles. The fourth-order valence-electron chi connectivity index (χ4n) is 3.37. The molecule has 0 fully saturated rings. The lowest BCUT2D eigenvalue weighted by Gasteiger charge is -2.25. The molecule has 2 aromatic carbocycles. The number of rotatable bonds is 11. The Kier molecular flexibility index (Phi) is 7.94.